The van der Waals surface area contributed by atoms with Crippen molar-refractivity contribution >= 4 is 23.2 Å². The van der Waals surface area contributed by atoms with Crippen LogP contribution in [-0.2, 0) is 6.54 Å². The number of nitrogens with one attached hydrogen (secondary N) is 1. The van der Waals surface area contributed by atoms with Crippen LogP contribution in [-0.4, -0.2) is 35.8 Å². The SMILES string of the molecule is NC1CCC2CN(C(=O)c3ccc(CNC(=O)c4cccs4)cc3)CC12. The number of carbonyl (C=O) groups is 2. The van der Waals surface area contributed by atoms with Gasteiger partial charge in [0, 0.05) is 31.2 Å². The van der Waals surface area contributed by atoms with Gasteiger partial charge in [-0.15, -0.1) is 11.3 Å². The Hall–Kier alpha value is -2.18. The van der Waals surface area contributed by atoms with Gasteiger partial charge in [0.05, 0.1) is 4.88 Å². The second-order valence-electron chi connectivity index (χ2n) is 7.23. The molecule has 1 aliphatic carbocycles. The Morgan fingerprint density at radius 2 is 1.96 bits per heavy atom. The molecule has 5 nitrogen and oxygen atoms in total. The van der Waals surface area contributed by atoms with Crippen LogP contribution in [0, 0.1) is 11.8 Å². The first-order valence-corrected chi connectivity index (χ1v) is 9.95. The number of carbonyl (C=O) groups excluding carboxylic acids is 2. The van der Waals surface area contributed by atoms with Crippen LogP contribution in [0.5, 0.6) is 0 Å². The molecule has 2 aromatic rings. The zero-order valence-electron chi connectivity index (χ0n) is 14.6. The molecule has 3 N–H and O–H groups in total. The number of amides is 2. The molecular weight excluding hydrogens is 346 g/mol. The summed E-state index contributed by atoms with van der Waals surface area (Å²) in [7, 11) is 0. The maximum absolute atomic E-state index is 12.7. The Bertz CT molecular complexity index is 788. The average molecular weight is 369 g/mol. The Morgan fingerprint density at radius 1 is 1.15 bits per heavy atom. The molecule has 0 spiro atoms. The normalized spacial score (nSPS) is 24.5. The average Bonchev–Trinajstić information content (AvgIpc) is 3.39. The third-order valence-corrected chi connectivity index (χ3v) is 6.47. The van der Waals surface area contributed by atoms with Crippen molar-refractivity contribution in [3.8, 4) is 0 Å². The Kier molecular flexibility index (Phi) is 4.78. The van der Waals surface area contributed by atoms with E-state index < -0.39 is 0 Å². The molecular formula is C20H23N3O2S. The molecule has 2 amide bonds. The summed E-state index contributed by atoms with van der Waals surface area (Å²) in [5, 5.41) is 4.78. The molecule has 3 atom stereocenters. The Morgan fingerprint density at radius 3 is 2.65 bits per heavy atom. The molecule has 0 bridgehead atoms. The maximum atomic E-state index is 12.7. The van der Waals surface area contributed by atoms with Crippen LogP contribution in [0.1, 0.15) is 38.4 Å². The van der Waals surface area contributed by atoms with Crippen LogP contribution < -0.4 is 11.1 Å². The van der Waals surface area contributed by atoms with Gasteiger partial charge in [-0.3, -0.25) is 9.59 Å². The molecule has 4 rings (SSSR count). The zero-order chi connectivity index (χ0) is 18.1. The predicted octanol–water partition coefficient (Wildman–Crippen LogP) is 2.49. The summed E-state index contributed by atoms with van der Waals surface area (Å²) in [6, 6.07) is 11.4. The summed E-state index contributed by atoms with van der Waals surface area (Å²) in [5.41, 5.74) is 7.84. The van der Waals surface area contributed by atoms with Gasteiger partial charge in [0.15, 0.2) is 0 Å². The van der Waals surface area contributed by atoms with Gasteiger partial charge < -0.3 is 16.0 Å². The lowest BCUT2D eigenvalue weighted by atomic mass is 9.98. The first kappa shape index (κ1) is 17.2. The predicted molar refractivity (Wildman–Crippen MR) is 102 cm³/mol. The number of nitrogens with two attached hydrogens (primary N) is 1. The van der Waals surface area contributed by atoms with Crippen molar-refractivity contribution in [3.05, 3.63) is 57.8 Å². The van der Waals surface area contributed by atoms with Crippen molar-refractivity contribution < 1.29 is 9.59 Å². The van der Waals surface area contributed by atoms with Gasteiger partial charge in [-0.2, -0.15) is 0 Å². The highest BCUT2D eigenvalue weighted by atomic mass is 32.1. The van der Waals surface area contributed by atoms with Gasteiger partial charge >= 0.3 is 0 Å². The van der Waals surface area contributed by atoms with Crippen LogP contribution in [0.25, 0.3) is 0 Å². The van der Waals surface area contributed by atoms with Crippen LogP contribution in [0.15, 0.2) is 41.8 Å². The molecule has 2 aliphatic rings. The fourth-order valence-corrected chi connectivity index (χ4v) is 4.74. The molecule has 2 fully saturated rings. The van der Waals surface area contributed by atoms with Gasteiger partial charge in [0.2, 0.25) is 0 Å². The molecule has 3 unspecified atom stereocenters. The highest BCUT2D eigenvalue weighted by Gasteiger charge is 2.42. The number of likely N-dealkylation sites (tertiary alicyclic amines) is 1. The first-order chi connectivity index (χ1) is 12.6. The number of nitrogens with zero attached hydrogens (tertiary/aromatic N) is 1. The minimum atomic E-state index is -0.0694. The quantitative estimate of drug-likeness (QED) is 0.869. The monoisotopic (exact) mass is 369 g/mol. The van der Waals surface area contributed by atoms with E-state index in [1.807, 2.05) is 40.6 Å². The minimum Gasteiger partial charge on any atom is -0.347 e. The number of thiophene rings is 1. The van der Waals surface area contributed by atoms with Crippen molar-refractivity contribution in [2.45, 2.75) is 25.4 Å². The summed E-state index contributed by atoms with van der Waals surface area (Å²) in [6.07, 6.45) is 2.22. The third-order valence-electron chi connectivity index (χ3n) is 5.60. The molecule has 1 saturated carbocycles. The Balaban J connectivity index is 1.34. The van der Waals surface area contributed by atoms with Crippen LogP contribution in [0.3, 0.4) is 0 Å². The van der Waals surface area contributed by atoms with E-state index in [0.29, 0.717) is 28.8 Å². The molecule has 1 saturated heterocycles. The van der Waals surface area contributed by atoms with Gasteiger partial charge in [-0.25, -0.2) is 0 Å². The molecule has 1 aromatic carbocycles. The molecule has 0 radical (unpaired) electrons. The fraction of sp³-hybridized carbons (Fsp3) is 0.400. The van der Waals surface area contributed by atoms with E-state index in [2.05, 4.69) is 5.32 Å². The molecule has 6 heteroatoms. The highest BCUT2D eigenvalue weighted by Crippen LogP contribution is 2.37. The van der Waals surface area contributed by atoms with Crippen molar-refractivity contribution in [2.24, 2.45) is 17.6 Å². The largest absolute Gasteiger partial charge is 0.347 e. The summed E-state index contributed by atoms with van der Waals surface area (Å²) >= 11 is 1.42. The summed E-state index contributed by atoms with van der Waals surface area (Å²) in [6.45, 7) is 2.06. The third kappa shape index (κ3) is 3.39. The van der Waals surface area contributed by atoms with E-state index in [9.17, 15) is 9.59 Å². The topological polar surface area (TPSA) is 75.4 Å². The van der Waals surface area contributed by atoms with E-state index in [1.165, 1.54) is 11.3 Å². The molecule has 1 aromatic heterocycles. The zero-order valence-corrected chi connectivity index (χ0v) is 15.4. The summed E-state index contributed by atoms with van der Waals surface area (Å²) in [5.74, 6) is 1.05. The summed E-state index contributed by atoms with van der Waals surface area (Å²) in [4.78, 5) is 27.4. The smallest absolute Gasteiger partial charge is 0.261 e. The minimum absolute atomic E-state index is 0.0694. The second kappa shape index (κ2) is 7.21. The fourth-order valence-electron chi connectivity index (χ4n) is 4.10. The Labute approximate surface area is 157 Å². The molecule has 1 aliphatic heterocycles. The highest BCUT2D eigenvalue weighted by molar-refractivity contribution is 7.12. The molecule has 26 heavy (non-hydrogen) atoms. The van der Waals surface area contributed by atoms with Crippen molar-refractivity contribution in [2.75, 3.05) is 13.1 Å². The second-order valence-corrected chi connectivity index (χ2v) is 8.18. The number of hydrogen-bond donors (Lipinski definition) is 2. The number of fused-ring (bicyclic) bond motifs is 1. The van der Waals surface area contributed by atoms with Gasteiger partial charge in [0.1, 0.15) is 0 Å². The number of rotatable bonds is 4. The van der Waals surface area contributed by atoms with E-state index in [4.69, 9.17) is 5.73 Å². The van der Waals surface area contributed by atoms with Gasteiger partial charge in [0.25, 0.3) is 11.8 Å². The lowest BCUT2D eigenvalue weighted by Crippen LogP contribution is -2.33. The van der Waals surface area contributed by atoms with Crippen molar-refractivity contribution in [1.29, 1.82) is 0 Å². The number of benzene rings is 1. The van der Waals surface area contributed by atoms with Crippen LogP contribution >= 0.6 is 11.3 Å². The van der Waals surface area contributed by atoms with Crippen molar-refractivity contribution in [3.63, 3.8) is 0 Å². The number of hydrogen-bond acceptors (Lipinski definition) is 4. The van der Waals surface area contributed by atoms with Gasteiger partial charge in [-0.05, 0) is 53.8 Å². The van der Waals surface area contributed by atoms with E-state index >= 15 is 0 Å². The standard InChI is InChI=1S/C20H23N3O2S/c21-17-8-7-15-11-23(12-16(15)17)20(25)14-5-3-13(4-6-14)10-22-19(24)18-2-1-9-26-18/h1-6,9,15-17H,7-8,10-12,21H2,(H,22,24). The first-order valence-electron chi connectivity index (χ1n) is 9.07. The van der Waals surface area contributed by atoms with Crippen molar-refractivity contribution in [1.82, 2.24) is 10.2 Å². The van der Waals surface area contributed by atoms with E-state index in [0.717, 1.165) is 31.5 Å². The summed E-state index contributed by atoms with van der Waals surface area (Å²) < 4.78 is 0. The van der Waals surface area contributed by atoms with Gasteiger partial charge in [-0.1, -0.05) is 18.2 Å². The maximum Gasteiger partial charge on any atom is 0.261 e. The van der Waals surface area contributed by atoms with Crippen LogP contribution in [0.4, 0.5) is 0 Å². The lowest BCUT2D eigenvalue weighted by molar-refractivity contribution is 0.0779. The lowest BCUT2D eigenvalue weighted by Gasteiger charge is -2.19. The molecule has 136 valence electrons. The molecule has 2 heterocycles. The van der Waals surface area contributed by atoms with Crippen LogP contribution in [0.2, 0.25) is 0 Å². The van der Waals surface area contributed by atoms with E-state index in [-0.39, 0.29) is 17.9 Å². The van der Waals surface area contributed by atoms with E-state index in [1.54, 1.807) is 6.07 Å².